The molecule has 0 bridgehead atoms. The molecule has 0 aliphatic rings. The van der Waals surface area contributed by atoms with Crippen LogP contribution in [-0.4, -0.2) is 38.1 Å². The first kappa shape index (κ1) is 42.2. The number of hydrogen-bond donors (Lipinski definition) is 0. The standard InChI is InChI=1S/C34H54O7S.K/c1-3-5-7-9-11-13-15-17-19-21-23-28-40-33(35)30-26-25-27-31(42(37,38)39)32(30)34(36)41-29-24-22-20-18-16-14-12-10-8-6-4-2;/h7-10,25-27H,3-6,11-24,28-29H2,1-2H3,(H,37,38,39);/q;+1/p-1/b9-7+,10-8+;. The van der Waals surface area contributed by atoms with Crippen molar-refractivity contribution in [2.24, 2.45) is 0 Å². The Balaban J connectivity index is 0.0000176. The smallest absolute Gasteiger partial charge is 0.744 e. The molecule has 1 aromatic rings. The molecule has 0 spiro atoms. The van der Waals surface area contributed by atoms with Crippen LogP contribution in [-0.2, 0) is 19.6 Å². The van der Waals surface area contributed by atoms with E-state index in [1.165, 1.54) is 31.4 Å². The van der Waals surface area contributed by atoms with Crippen LogP contribution in [0.25, 0.3) is 0 Å². The van der Waals surface area contributed by atoms with E-state index < -0.39 is 32.5 Å². The average molecular weight is 645 g/mol. The van der Waals surface area contributed by atoms with Gasteiger partial charge in [-0.25, -0.2) is 18.0 Å². The number of allylic oxidation sites excluding steroid dienone is 4. The summed E-state index contributed by atoms with van der Waals surface area (Å²) in [5.74, 6) is -1.84. The van der Waals surface area contributed by atoms with Crippen LogP contribution in [0.4, 0.5) is 0 Å². The number of esters is 2. The predicted molar refractivity (Wildman–Crippen MR) is 168 cm³/mol. The van der Waals surface area contributed by atoms with E-state index in [4.69, 9.17) is 9.47 Å². The second-order valence-corrected chi connectivity index (χ2v) is 12.1. The summed E-state index contributed by atoms with van der Waals surface area (Å²) < 4.78 is 46.2. The Morgan fingerprint density at radius 1 is 0.651 bits per heavy atom. The Bertz CT molecular complexity index is 1050. The van der Waals surface area contributed by atoms with Gasteiger partial charge in [0.05, 0.1) is 29.2 Å². The van der Waals surface area contributed by atoms with Crippen molar-refractivity contribution in [3.8, 4) is 0 Å². The van der Waals surface area contributed by atoms with E-state index in [2.05, 4.69) is 38.2 Å². The third-order valence-corrected chi connectivity index (χ3v) is 7.84. The van der Waals surface area contributed by atoms with Crippen LogP contribution in [0, 0.1) is 0 Å². The Kier molecular flexibility index (Phi) is 27.0. The minimum Gasteiger partial charge on any atom is -0.744 e. The molecule has 0 aliphatic carbocycles. The molecule has 0 saturated carbocycles. The van der Waals surface area contributed by atoms with Crippen molar-refractivity contribution in [2.75, 3.05) is 13.2 Å². The van der Waals surface area contributed by atoms with Gasteiger partial charge >= 0.3 is 63.3 Å². The van der Waals surface area contributed by atoms with Gasteiger partial charge in [0.15, 0.2) is 0 Å². The quantitative estimate of drug-likeness (QED) is 0.0417. The SMILES string of the molecule is CCC/C=C/CCCCCCCCOC(=O)c1cccc(S(=O)(=O)[O-])c1C(=O)OCCCCCCCC/C=C/CCC.[K+]. The topological polar surface area (TPSA) is 110 Å². The summed E-state index contributed by atoms with van der Waals surface area (Å²) in [7, 11) is -5.01. The number of benzene rings is 1. The van der Waals surface area contributed by atoms with Gasteiger partial charge in [-0.1, -0.05) is 108 Å². The van der Waals surface area contributed by atoms with Crippen molar-refractivity contribution in [1.29, 1.82) is 0 Å². The molecule has 0 saturated heterocycles. The molecule has 43 heavy (non-hydrogen) atoms. The van der Waals surface area contributed by atoms with Crippen LogP contribution in [0.1, 0.15) is 150 Å². The van der Waals surface area contributed by atoms with E-state index in [0.717, 1.165) is 89.5 Å². The van der Waals surface area contributed by atoms with Gasteiger partial charge in [-0.3, -0.25) is 0 Å². The maximum absolute atomic E-state index is 12.9. The van der Waals surface area contributed by atoms with Crippen LogP contribution in [0.2, 0.25) is 0 Å². The molecule has 0 aliphatic heterocycles. The van der Waals surface area contributed by atoms with Crippen molar-refractivity contribution in [3.63, 3.8) is 0 Å². The van der Waals surface area contributed by atoms with E-state index >= 15 is 0 Å². The summed E-state index contributed by atoms with van der Waals surface area (Å²) in [6.07, 6.45) is 27.7. The number of hydrogen-bond acceptors (Lipinski definition) is 7. The normalized spacial score (nSPS) is 11.6. The first-order chi connectivity index (χ1) is 20.3. The molecular weight excluding hydrogens is 592 g/mol. The van der Waals surface area contributed by atoms with Gasteiger partial charge in [0, 0.05) is 0 Å². The zero-order chi connectivity index (χ0) is 30.9. The van der Waals surface area contributed by atoms with Gasteiger partial charge in [0.1, 0.15) is 10.1 Å². The number of carbonyl (C=O) groups is 2. The molecule has 0 fully saturated rings. The fourth-order valence-corrected chi connectivity index (χ4v) is 5.24. The number of carbonyl (C=O) groups excluding carboxylic acids is 2. The summed E-state index contributed by atoms with van der Waals surface area (Å²) in [4.78, 5) is 24.9. The molecule has 0 radical (unpaired) electrons. The van der Waals surface area contributed by atoms with Crippen LogP contribution in [0.15, 0.2) is 47.4 Å². The molecule has 238 valence electrons. The van der Waals surface area contributed by atoms with Crippen molar-refractivity contribution in [1.82, 2.24) is 0 Å². The van der Waals surface area contributed by atoms with Gasteiger partial charge in [0.2, 0.25) is 0 Å². The monoisotopic (exact) mass is 644 g/mol. The van der Waals surface area contributed by atoms with E-state index in [-0.39, 0.29) is 70.2 Å². The zero-order valence-corrected chi connectivity index (χ0v) is 30.9. The van der Waals surface area contributed by atoms with Gasteiger partial charge in [-0.15, -0.1) is 0 Å². The van der Waals surface area contributed by atoms with Crippen LogP contribution < -0.4 is 51.4 Å². The molecule has 7 nitrogen and oxygen atoms in total. The summed E-state index contributed by atoms with van der Waals surface area (Å²) in [5, 5.41) is 0. The number of ether oxygens (including phenoxy) is 2. The summed E-state index contributed by atoms with van der Waals surface area (Å²) in [6.45, 7) is 4.56. The Morgan fingerprint density at radius 2 is 1.07 bits per heavy atom. The Labute approximate surface area is 303 Å². The molecule has 0 amide bonds. The van der Waals surface area contributed by atoms with E-state index in [1.54, 1.807) is 0 Å². The number of unbranched alkanes of at least 4 members (excludes halogenated alkanes) is 14. The van der Waals surface area contributed by atoms with Crippen molar-refractivity contribution in [2.45, 2.75) is 134 Å². The van der Waals surface area contributed by atoms with Gasteiger partial charge in [-0.05, 0) is 63.5 Å². The first-order valence-electron chi connectivity index (χ1n) is 16.1. The predicted octanol–water partition coefficient (Wildman–Crippen LogP) is 6.08. The molecule has 0 N–H and O–H groups in total. The van der Waals surface area contributed by atoms with Crippen LogP contribution in [0.5, 0.6) is 0 Å². The molecule has 1 rings (SSSR count). The van der Waals surface area contributed by atoms with E-state index in [1.807, 2.05) is 0 Å². The molecule has 0 atom stereocenters. The third-order valence-electron chi connectivity index (χ3n) is 6.96. The fraction of sp³-hybridized carbons (Fsp3) is 0.647. The molecular formula is C34H53KO7S. The van der Waals surface area contributed by atoms with Crippen molar-refractivity contribution in [3.05, 3.63) is 53.6 Å². The molecule has 0 heterocycles. The maximum Gasteiger partial charge on any atom is 1.00 e. The number of rotatable bonds is 25. The van der Waals surface area contributed by atoms with Crippen LogP contribution in [0.3, 0.4) is 0 Å². The molecule has 0 unspecified atom stereocenters. The Morgan fingerprint density at radius 3 is 1.53 bits per heavy atom. The summed E-state index contributed by atoms with van der Waals surface area (Å²) >= 11 is 0. The largest absolute Gasteiger partial charge is 1.00 e. The summed E-state index contributed by atoms with van der Waals surface area (Å²) in [5.41, 5.74) is -0.803. The zero-order valence-electron chi connectivity index (χ0n) is 26.9. The van der Waals surface area contributed by atoms with Crippen molar-refractivity contribution >= 4 is 22.1 Å². The second-order valence-electron chi connectivity index (χ2n) is 10.7. The van der Waals surface area contributed by atoms with Crippen LogP contribution >= 0.6 is 0 Å². The molecule has 0 aromatic heterocycles. The summed E-state index contributed by atoms with van der Waals surface area (Å²) in [6, 6.07) is 3.57. The minimum atomic E-state index is -5.01. The fourth-order valence-electron chi connectivity index (χ4n) is 4.55. The van der Waals surface area contributed by atoms with E-state index in [9.17, 15) is 22.6 Å². The van der Waals surface area contributed by atoms with Gasteiger partial charge < -0.3 is 14.0 Å². The second kappa shape index (κ2) is 27.5. The third kappa shape index (κ3) is 20.8. The minimum absolute atomic E-state index is 0. The molecule has 1 aromatic carbocycles. The van der Waals surface area contributed by atoms with Crippen molar-refractivity contribution < 1.29 is 83.4 Å². The molecule has 9 heteroatoms. The first-order valence-corrected chi connectivity index (χ1v) is 17.5. The Hall–Kier alpha value is -0.814. The maximum atomic E-state index is 12.9. The van der Waals surface area contributed by atoms with Gasteiger partial charge in [-0.2, -0.15) is 0 Å². The van der Waals surface area contributed by atoms with E-state index in [0.29, 0.717) is 12.8 Å². The van der Waals surface area contributed by atoms with Gasteiger partial charge in [0.25, 0.3) is 0 Å². The average Bonchev–Trinajstić information content (AvgIpc) is 2.97.